The SMILES string of the molecule is CCOC(=O)C(CC)Cc1ccc(C(=O)NCc2ccc(OC(F)(F)F)cc2)cc1. The van der Waals surface area contributed by atoms with E-state index in [2.05, 4.69) is 10.1 Å². The number of hydrogen-bond donors (Lipinski definition) is 1. The lowest BCUT2D eigenvalue weighted by atomic mass is 9.96. The second-order valence-electron chi connectivity index (χ2n) is 6.63. The lowest BCUT2D eigenvalue weighted by molar-refractivity contribution is -0.274. The van der Waals surface area contributed by atoms with Gasteiger partial charge in [-0.1, -0.05) is 31.2 Å². The highest BCUT2D eigenvalue weighted by atomic mass is 19.4. The van der Waals surface area contributed by atoms with Crippen LogP contribution in [0, 0.1) is 5.92 Å². The molecule has 0 bridgehead atoms. The minimum absolute atomic E-state index is 0.160. The van der Waals surface area contributed by atoms with Gasteiger partial charge < -0.3 is 14.8 Å². The molecular weight excluding hydrogens is 399 g/mol. The summed E-state index contributed by atoms with van der Waals surface area (Å²) in [6.45, 7) is 4.19. The van der Waals surface area contributed by atoms with Gasteiger partial charge in [-0.05, 0) is 55.2 Å². The van der Waals surface area contributed by atoms with Crippen molar-refractivity contribution >= 4 is 11.9 Å². The van der Waals surface area contributed by atoms with Crippen molar-refractivity contribution in [2.24, 2.45) is 5.92 Å². The maximum Gasteiger partial charge on any atom is 0.573 e. The van der Waals surface area contributed by atoms with Gasteiger partial charge in [-0.3, -0.25) is 9.59 Å². The van der Waals surface area contributed by atoms with E-state index < -0.39 is 6.36 Å². The van der Waals surface area contributed by atoms with Crippen molar-refractivity contribution in [2.75, 3.05) is 6.61 Å². The van der Waals surface area contributed by atoms with Crippen molar-refractivity contribution in [2.45, 2.75) is 39.6 Å². The molecule has 0 radical (unpaired) electrons. The summed E-state index contributed by atoms with van der Waals surface area (Å²) in [5.74, 6) is -1.08. The molecule has 2 aromatic carbocycles. The van der Waals surface area contributed by atoms with Crippen molar-refractivity contribution in [3.05, 3.63) is 65.2 Å². The Bertz CT molecular complexity index is 833. The first-order valence-electron chi connectivity index (χ1n) is 9.60. The monoisotopic (exact) mass is 423 g/mol. The number of carbonyl (C=O) groups is 2. The smallest absolute Gasteiger partial charge is 0.466 e. The average molecular weight is 423 g/mol. The van der Waals surface area contributed by atoms with E-state index in [1.54, 1.807) is 31.2 Å². The van der Waals surface area contributed by atoms with Gasteiger partial charge in [-0.15, -0.1) is 13.2 Å². The Labute approximate surface area is 173 Å². The normalized spacial score (nSPS) is 12.2. The molecule has 30 heavy (non-hydrogen) atoms. The summed E-state index contributed by atoms with van der Waals surface area (Å²) in [5.41, 5.74) is 2.00. The molecule has 0 aromatic heterocycles. The molecular formula is C22H24F3NO4. The molecule has 1 amide bonds. The van der Waals surface area contributed by atoms with E-state index in [1.165, 1.54) is 24.3 Å². The van der Waals surface area contributed by atoms with Crippen LogP contribution in [0.15, 0.2) is 48.5 Å². The molecule has 162 valence electrons. The number of rotatable bonds is 9. The van der Waals surface area contributed by atoms with Crippen LogP contribution in [0.5, 0.6) is 5.75 Å². The van der Waals surface area contributed by atoms with Crippen molar-refractivity contribution in [3.8, 4) is 5.75 Å². The third-order valence-electron chi connectivity index (χ3n) is 4.42. The highest BCUT2D eigenvalue weighted by Gasteiger charge is 2.30. The van der Waals surface area contributed by atoms with Crippen molar-refractivity contribution in [3.63, 3.8) is 0 Å². The van der Waals surface area contributed by atoms with E-state index in [0.717, 1.165) is 5.56 Å². The predicted molar refractivity (Wildman–Crippen MR) is 105 cm³/mol. The summed E-state index contributed by atoms with van der Waals surface area (Å²) in [6.07, 6.45) is -3.55. The second-order valence-corrected chi connectivity index (χ2v) is 6.63. The van der Waals surface area contributed by atoms with Gasteiger partial charge >= 0.3 is 12.3 Å². The summed E-state index contributed by atoms with van der Waals surface area (Å²) in [5, 5.41) is 2.71. The molecule has 0 aliphatic carbocycles. The molecule has 1 atom stereocenters. The standard InChI is InChI=1S/C22H24F3NO4/c1-3-17(21(28)29-4-2)13-15-5-9-18(10-6-15)20(27)26-14-16-7-11-19(12-8-16)30-22(23,24)25/h5-12,17H,3-4,13-14H2,1-2H3,(H,26,27). The van der Waals surface area contributed by atoms with Crippen LogP contribution >= 0.6 is 0 Å². The van der Waals surface area contributed by atoms with Gasteiger partial charge in [0.2, 0.25) is 0 Å². The van der Waals surface area contributed by atoms with Crippen LogP contribution in [-0.2, 0) is 22.5 Å². The van der Waals surface area contributed by atoms with E-state index in [4.69, 9.17) is 4.74 Å². The highest BCUT2D eigenvalue weighted by molar-refractivity contribution is 5.94. The average Bonchev–Trinajstić information content (AvgIpc) is 2.70. The molecule has 0 fully saturated rings. The maximum atomic E-state index is 12.3. The molecule has 1 N–H and O–H groups in total. The van der Waals surface area contributed by atoms with E-state index in [9.17, 15) is 22.8 Å². The number of halogens is 3. The Morgan fingerprint density at radius 3 is 2.10 bits per heavy atom. The van der Waals surface area contributed by atoms with Crippen molar-refractivity contribution in [1.82, 2.24) is 5.32 Å². The minimum atomic E-state index is -4.74. The Kier molecular flexibility index (Phi) is 8.26. The fourth-order valence-electron chi connectivity index (χ4n) is 2.82. The van der Waals surface area contributed by atoms with E-state index in [-0.39, 0.29) is 30.1 Å². The van der Waals surface area contributed by atoms with Gasteiger partial charge in [0.15, 0.2) is 0 Å². The molecule has 5 nitrogen and oxygen atoms in total. The molecule has 8 heteroatoms. The molecule has 2 aromatic rings. The van der Waals surface area contributed by atoms with Crippen LogP contribution in [0.3, 0.4) is 0 Å². The molecule has 0 heterocycles. The molecule has 0 aliphatic heterocycles. The van der Waals surface area contributed by atoms with Gasteiger partial charge in [-0.25, -0.2) is 0 Å². The van der Waals surface area contributed by atoms with Crippen LogP contribution < -0.4 is 10.1 Å². The van der Waals surface area contributed by atoms with E-state index in [1.807, 2.05) is 6.92 Å². The number of alkyl halides is 3. The van der Waals surface area contributed by atoms with Gasteiger partial charge in [0, 0.05) is 12.1 Å². The fourth-order valence-corrected chi connectivity index (χ4v) is 2.82. The number of hydrogen-bond acceptors (Lipinski definition) is 4. The first-order chi connectivity index (χ1) is 14.2. The topological polar surface area (TPSA) is 64.6 Å². The molecule has 2 rings (SSSR count). The van der Waals surface area contributed by atoms with Gasteiger partial charge in [0.1, 0.15) is 5.75 Å². The van der Waals surface area contributed by atoms with E-state index in [0.29, 0.717) is 30.6 Å². The molecule has 1 unspecified atom stereocenters. The molecule has 0 saturated heterocycles. The summed E-state index contributed by atoms with van der Waals surface area (Å²) >= 11 is 0. The number of amides is 1. The summed E-state index contributed by atoms with van der Waals surface area (Å²) in [6, 6.07) is 12.2. The quantitative estimate of drug-likeness (QED) is 0.597. The second kappa shape index (κ2) is 10.7. The van der Waals surface area contributed by atoms with Crippen LogP contribution in [0.4, 0.5) is 13.2 Å². The zero-order valence-corrected chi connectivity index (χ0v) is 16.8. The summed E-state index contributed by atoms with van der Waals surface area (Å²) < 4.78 is 45.4. The van der Waals surface area contributed by atoms with Gasteiger partial charge in [-0.2, -0.15) is 0 Å². The Morgan fingerprint density at radius 2 is 1.57 bits per heavy atom. The minimum Gasteiger partial charge on any atom is -0.466 e. The van der Waals surface area contributed by atoms with Gasteiger partial charge in [0.25, 0.3) is 5.91 Å². The lowest BCUT2D eigenvalue weighted by Gasteiger charge is -2.14. The fraction of sp³-hybridized carbons (Fsp3) is 0.364. The summed E-state index contributed by atoms with van der Waals surface area (Å²) in [4.78, 5) is 24.2. The number of benzene rings is 2. The number of esters is 1. The number of ether oxygens (including phenoxy) is 2. The third kappa shape index (κ3) is 7.42. The first-order valence-corrected chi connectivity index (χ1v) is 9.60. The Hall–Kier alpha value is -3.03. The Morgan fingerprint density at radius 1 is 0.967 bits per heavy atom. The number of carbonyl (C=O) groups excluding carboxylic acids is 2. The van der Waals surface area contributed by atoms with Crippen LogP contribution in [0.1, 0.15) is 41.8 Å². The van der Waals surface area contributed by atoms with Gasteiger partial charge in [0.05, 0.1) is 12.5 Å². The lowest BCUT2D eigenvalue weighted by Crippen LogP contribution is -2.23. The van der Waals surface area contributed by atoms with Crippen molar-refractivity contribution in [1.29, 1.82) is 0 Å². The Balaban J connectivity index is 1.89. The highest BCUT2D eigenvalue weighted by Crippen LogP contribution is 2.22. The largest absolute Gasteiger partial charge is 0.573 e. The van der Waals surface area contributed by atoms with E-state index >= 15 is 0 Å². The van der Waals surface area contributed by atoms with Crippen LogP contribution in [-0.4, -0.2) is 24.8 Å². The third-order valence-corrected chi connectivity index (χ3v) is 4.42. The maximum absolute atomic E-state index is 12.3. The molecule has 0 aliphatic rings. The number of nitrogens with one attached hydrogen (secondary N) is 1. The zero-order chi connectivity index (χ0) is 22.1. The van der Waals surface area contributed by atoms with Crippen molar-refractivity contribution < 1.29 is 32.2 Å². The predicted octanol–water partition coefficient (Wildman–Crippen LogP) is 4.65. The zero-order valence-electron chi connectivity index (χ0n) is 16.8. The van der Waals surface area contributed by atoms with Crippen LogP contribution in [0.25, 0.3) is 0 Å². The van der Waals surface area contributed by atoms with Crippen LogP contribution in [0.2, 0.25) is 0 Å². The summed E-state index contributed by atoms with van der Waals surface area (Å²) in [7, 11) is 0. The molecule has 0 spiro atoms. The molecule has 0 saturated carbocycles. The first kappa shape index (κ1) is 23.3.